The van der Waals surface area contributed by atoms with E-state index in [0.717, 1.165) is 19.4 Å². The van der Waals surface area contributed by atoms with Crippen LogP contribution in [0.25, 0.3) is 0 Å². The number of carbonyl (C=O) groups excluding carboxylic acids is 1. The Kier molecular flexibility index (Phi) is 3.34. The zero-order valence-electron chi connectivity index (χ0n) is 6.68. The first-order chi connectivity index (χ1) is 5.25. The maximum absolute atomic E-state index is 10.7. The van der Waals surface area contributed by atoms with Crippen LogP contribution < -0.4 is 0 Å². The smallest absolute Gasteiger partial charge is 0.156 e. The van der Waals surface area contributed by atoms with Crippen LogP contribution in [0.5, 0.6) is 0 Å². The summed E-state index contributed by atoms with van der Waals surface area (Å²) in [6.45, 7) is 2.84. The summed E-state index contributed by atoms with van der Waals surface area (Å²) in [5.41, 5.74) is 0. The van der Waals surface area contributed by atoms with Crippen molar-refractivity contribution >= 4 is 17.4 Å². The quantitative estimate of drug-likeness (QED) is 0.482. The number of hydrogen-bond acceptors (Lipinski definition) is 2. The van der Waals surface area contributed by atoms with E-state index in [9.17, 15) is 4.79 Å². The predicted molar refractivity (Wildman–Crippen MR) is 43.9 cm³/mol. The van der Waals surface area contributed by atoms with E-state index in [-0.39, 0.29) is 17.3 Å². The largest absolute Gasteiger partial charge is 0.376 e. The highest BCUT2D eigenvalue weighted by Gasteiger charge is 2.38. The fourth-order valence-electron chi connectivity index (χ4n) is 0.984. The normalized spacial score (nSPS) is 30.2. The Labute approximate surface area is 71.9 Å². The Morgan fingerprint density at radius 3 is 2.91 bits per heavy atom. The number of unbranched alkanes of at least 4 members (excludes halogenated alkanes) is 1. The molecule has 0 radical (unpaired) electrons. The Balaban J connectivity index is 2.05. The van der Waals surface area contributed by atoms with Gasteiger partial charge < -0.3 is 4.74 Å². The standard InChI is InChI=1S/C8H13ClO2/c1-2-3-4-11-7-5-6(10)8(7)9/h7-8H,2-5H2,1H3/t7-,8-/m1/s1. The monoisotopic (exact) mass is 176 g/mol. The van der Waals surface area contributed by atoms with Crippen LogP contribution in [-0.2, 0) is 9.53 Å². The average Bonchev–Trinajstić information content (AvgIpc) is 2.03. The Hall–Kier alpha value is -0.0800. The maximum Gasteiger partial charge on any atom is 0.156 e. The molecule has 64 valence electrons. The molecule has 0 saturated heterocycles. The number of ether oxygens (including phenoxy) is 1. The topological polar surface area (TPSA) is 26.3 Å². The van der Waals surface area contributed by atoms with Crippen molar-refractivity contribution in [2.24, 2.45) is 0 Å². The van der Waals surface area contributed by atoms with E-state index in [4.69, 9.17) is 16.3 Å². The molecule has 11 heavy (non-hydrogen) atoms. The van der Waals surface area contributed by atoms with Gasteiger partial charge in [-0.05, 0) is 6.42 Å². The number of carbonyl (C=O) groups is 1. The van der Waals surface area contributed by atoms with Gasteiger partial charge in [-0.2, -0.15) is 0 Å². The first-order valence-electron chi connectivity index (χ1n) is 4.04. The zero-order valence-corrected chi connectivity index (χ0v) is 7.43. The van der Waals surface area contributed by atoms with E-state index in [1.165, 1.54) is 0 Å². The van der Waals surface area contributed by atoms with Crippen molar-refractivity contribution in [3.05, 3.63) is 0 Å². The molecule has 0 N–H and O–H groups in total. The number of halogens is 1. The number of ketones is 1. The lowest BCUT2D eigenvalue weighted by atomic mass is 9.93. The summed E-state index contributed by atoms with van der Waals surface area (Å²) in [7, 11) is 0. The van der Waals surface area contributed by atoms with Crippen molar-refractivity contribution in [2.75, 3.05) is 6.61 Å². The number of hydrogen-bond donors (Lipinski definition) is 0. The molecule has 0 unspecified atom stereocenters. The minimum Gasteiger partial charge on any atom is -0.376 e. The number of rotatable bonds is 4. The fraction of sp³-hybridized carbons (Fsp3) is 0.875. The van der Waals surface area contributed by atoms with Gasteiger partial charge in [0.1, 0.15) is 5.38 Å². The van der Waals surface area contributed by atoms with Gasteiger partial charge >= 0.3 is 0 Å². The van der Waals surface area contributed by atoms with Gasteiger partial charge in [0.2, 0.25) is 0 Å². The van der Waals surface area contributed by atoms with Crippen molar-refractivity contribution in [3.8, 4) is 0 Å². The number of alkyl halides is 1. The second kappa shape index (κ2) is 4.07. The van der Waals surface area contributed by atoms with Crippen molar-refractivity contribution in [1.82, 2.24) is 0 Å². The molecule has 0 bridgehead atoms. The maximum atomic E-state index is 10.7. The second-order valence-electron chi connectivity index (χ2n) is 2.83. The minimum atomic E-state index is -0.369. The molecule has 0 aromatic carbocycles. The van der Waals surface area contributed by atoms with Gasteiger partial charge in [-0.15, -0.1) is 11.6 Å². The van der Waals surface area contributed by atoms with Gasteiger partial charge in [0.15, 0.2) is 5.78 Å². The molecule has 0 heterocycles. The lowest BCUT2D eigenvalue weighted by Gasteiger charge is -2.29. The van der Waals surface area contributed by atoms with Crippen LogP contribution in [0.1, 0.15) is 26.2 Å². The molecule has 1 aliphatic carbocycles. The van der Waals surface area contributed by atoms with Gasteiger partial charge in [-0.1, -0.05) is 13.3 Å². The summed E-state index contributed by atoms with van der Waals surface area (Å²) < 4.78 is 5.35. The van der Waals surface area contributed by atoms with Crippen molar-refractivity contribution in [2.45, 2.75) is 37.7 Å². The fourth-order valence-corrected chi connectivity index (χ4v) is 1.23. The van der Waals surface area contributed by atoms with Crippen LogP contribution in [-0.4, -0.2) is 23.9 Å². The predicted octanol–water partition coefficient (Wildman–Crippen LogP) is 1.75. The first kappa shape index (κ1) is 9.01. The van der Waals surface area contributed by atoms with Crippen LogP contribution >= 0.6 is 11.6 Å². The second-order valence-corrected chi connectivity index (χ2v) is 3.31. The molecular weight excluding hydrogens is 164 g/mol. The molecule has 1 aliphatic rings. The van der Waals surface area contributed by atoms with Crippen LogP contribution in [0.3, 0.4) is 0 Å². The molecule has 1 saturated carbocycles. The molecule has 0 amide bonds. The van der Waals surface area contributed by atoms with E-state index in [2.05, 4.69) is 6.92 Å². The SMILES string of the molecule is CCCCO[C@@H]1CC(=O)[C@H]1Cl. The van der Waals surface area contributed by atoms with E-state index in [1.54, 1.807) is 0 Å². The summed E-state index contributed by atoms with van der Waals surface area (Å²) >= 11 is 5.67. The Morgan fingerprint density at radius 1 is 1.73 bits per heavy atom. The summed E-state index contributed by atoms with van der Waals surface area (Å²) in [5.74, 6) is 0.119. The molecule has 2 atom stereocenters. The van der Waals surface area contributed by atoms with Gasteiger partial charge in [-0.3, -0.25) is 4.79 Å². The molecule has 3 heteroatoms. The lowest BCUT2D eigenvalue weighted by Crippen LogP contribution is -2.45. The number of Topliss-reactive ketones (excluding diaryl/α,β-unsaturated/α-hetero) is 1. The third-order valence-corrected chi connectivity index (χ3v) is 2.39. The van der Waals surface area contributed by atoms with E-state index >= 15 is 0 Å². The van der Waals surface area contributed by atoms with Crippen LogP contribution in [0, 0.1) is 0 Å². The molecule has 0 aromatic heterocycles. The lowest BCUT2D eigenvalue weighted by molar-refractivity contribution is -0.133. The molecule has 0 aliphatic heterocycles. The third kappa shape index (κ3) is 2.17. The average molecular weight is 177 g/mol. The summed E-state index contributed by atoms with van der Waals surface area (Å²) in [6, 6.07) is 0. The summed E-state index contributed by atoms with van der Waals surface area (Å²) in [4.78, 5) is 10.7. The van der Waals surface area contributed by atoms with Gasteiger partial charge in [0.25, 0.3) is 0 Å². The van der Waals surface area contributed by atoms with Crippen molar-refractivity contribution < 1.29 is 9.53 Å². The molecule has 1 rings (SSSR count). The molecule has 1 fully saturated rings. The molecule has 2 nitrogen and oxygen atoms in total. The van der Waals surface area contributed by atoms with Gasteiger partial charge in [0, 0.05) is 13.0 Å². The summed E-state index contributed by atoms with van der Waals surface area (Å²) in [5, 5.41) is -0.369. The highest BCUT2D eigenvalue weighted by atomic mass is 35.5. The van der Waals surface area contributed by atoms with E-state index in [0.29, 0.717) is 6.42 Å². The van der Waals surface area contributed by atoms with E-state index < -0.39 is 0 Å². The van der Waals surface area contributed by atoms with E-state index in [1.807, 2.05) is 0 Å². The first-order valence-corrected chi connectivity index (χ1v) is 4.47. The highest BCUT2D eigenvalue weighted by molar-refractivity contribution is 6.34. The third-order valence-electron chi connectivity index (χ3n) is 1.87. The Morgan fingerprint density at radius 2 is 2.45 bits per heavy atom. The zero-order chi connectivity index (χ0) is 8.27. The molecule has 0 spiro atoms. The van der Waals surface area contributed by atoms with Crippen molar-refractivity contribution in [1.29, 1.82) is 0 Å². The Bertz CT molecular complexity index is 147. The van der Waals surface area contributed by atoms with Gasteiger partial charge in [0.05, 0.1) is 6.10 Å². The minimum absolute atomic E-state index is 0.00397. The van der Waals surface area contributed by atoms with Crippen LogP contribution in [0.2, 0.25) is 0 Å². The van der Waals surface area contributed by atoms with Crippen LogP contribution in [0.15, 0.2) is 0 Å². The molecule has 0 aromatic rings. The van der Waals surface area contributed by atoms with Crippen LogP contribution in [0.4, 0.5) is 0 Å². The van der Waals surface area contributed by atoms with Crippen molar-refractivity contribution in [3.63, 3.8) is 0 Å². The highest BCUT2D eigenvalue weighted by Crippen LogP contribution is 2.24. The summed E-state index contributed by atoms with van der Waals surface area (Å²) in [6.07, 6.45) is 2.68. The molecular formula is C8H13ClO2. The van der Waals surface area contributed by atoms with Gasteiger partial charge in [-0.25, -0.2) is 0 Å².